The van der Waals surface area contributed by atoms with Gasteiger partial charge in [0.15, 0.2) is 15.8 Å². The number of nitrogens with zero attached hydrogens (tertiary/aromatic N) is 1. The van der Waals surface area contributed by atoms with Crippen molar-refractivity contribution in [1.29, 1.82) is 0 Å². The molecule has 0 aromatic heterocycles. The highest BCUT2D eigenvalue weighted by Gasteiger charge is 2.27. The van der Waals surface area contributed by atoms with Gasteiger partial charge in [-0.25, -0.2) is 12.8 Å². The minimum absolute atomic E-state index is 0. The van der Waals surface area contributed by atoms with Crippen molar-refractivity contribution in [3.63, 3.8) is 0 Å². The molecule has 2 N–H and O–H groups in total. The van der Waals surface area contributed by atoms with Crippen molar-refractivity contribution in [3.8, 4) is 0 Å². The summed E-state index contributed by atoms with van der Waals surface area (Å²) in [5.74, 6) is 1.80. The van der Waals surface area contributed by atoms with Crippen LogP contribution in [0.3, 0.4) is 0 Å². The Kier molecular flexibility index (Phi) is 9.50. The van der Waals surface area contributed by atoms with Crippen LogP contribution in [0, 0.1) is 11.7 Å². The topological polar surface area (TPSA) is 70.6 Å². The van der Waals surface area contributed by atoms with Crippen LogP contribution in [-0.4, -0.2) is 45.7 Å². The summed E-state index contributed by atoms with van der Waals surface area (Å²) in [6.07, 6.45) is 2.68. The fourth-order valence-electron chi connectivity index (χ4n) is 2.73. The first kappa shape index (κ1) is 22.5. The smallest absolute Gasteiger partial charge is 0.191 e. The standard InChI is InChI=1S/C16H24FN3O2S2.HI/c1-18-16(19-8-12-5-6-24(21,22)11-12)20-9-13-3-4-15(17)7-14(13)10-23-2;/h3-4,7,12H,5-6,8-11H2,1-2H3,(H2,18,19,20);1H. The lowest BCUT2D eigenvalue weighted by Crippen LogP contribution is -2.39. The van der Waals surface area contributed by atoms with Gasteiger partial charge >= 0.3 is 0 Å². The highest BCUT2D eigenvalue weighted by atomic mass is 127. The zero-order chi connectivity index (χ0) is 17.6. The Bertz CT molecular complexity index is 699. The Morgan fingerprint density at radius 2 is 2.12 bits per heavy atom. The van der Waals surface area contributed by atoms with Crippen LogP contribution >= 0.6 is 35.7 Å². The first-order chi connectivity index (χ1) is 11.4. The molecule has 1 unspecified atom stereocenters. The van der Waals surface area contributed by atoms with Crippen LogP contribution in [0.15, 0.2) is 23.2 Å². The Morgan fingerprint density at radius 1 is 1.36 bits per heavy atom. The van der Waals surface area contributed by atoms with E-state index in [0.29, 0.717) is 25.5 Å². The second-order valence-electron chi connectivity index (χ2n) is 5.92. The van der Waals surface area contributed by atoms with Gasteiger partial charge in [-0.2, -0.15) is 11.8 Å². The van der Waals surface area contributed by atoms with E-state index in [4.69, 9.17) is 0 Å². The van der Waals surface area contributed by atoms with Gasteiger partial charge in [0.1, 0.15) is 5.82 Å². The molecule has 0 amide bonds. The van der Waals surface area contributed by atoms with Crippen molar-refractivity contribution in [3.05, 3.63) is 35.1 Å². The fourth-order valence-corrected chi connectivity index (χ4v) is 5.17. The summed E-state index contributed by atoms with van der Waals surface area (Å²) < 4.78 is 36.3. The summed E-state index contributed by atoms with van der Waals surface area (Å²) in [7, 11) is -1.18. The van der Waals surface area contributed by atoms with Crippen molar-refractivity contribution < 1.29 is 12.8 Å². The number of aliphatic imine (C=N–C) groups is 1. The molecule has 1 heterocycles. The number of thioether (sulfide) groups is 1. The third-order valence-corrected chi connectivity index (χ3v) is 6.46. The number of sulfone groups is 1. The molecule has 1 saturated heterocycles. The molecule has 0 saturated carbocycles. The third-order valence-electron chi connectivity index (χ3n) is 4.02. The summed E-state index contributed by atoms with van der Waals surface area (Å²) in [6.45, 7) is 1.12. The molecule has 5 nitrogen and oxygen atoms in total. The molecule has 2 rings (SSSR count). The minimum atomic E-state index is -2.86. The lowest BCUT2D eigenvalue weighted by molar-refractivity contribution is 0.567. The van der Waals surface area contributed by atoms with Crippen molar-refractivity contribution in [1.82, 2.24) is 10.6 Å². The monoisotopic (exact) mass is 501 g/mol. The van der Waals surface area contributed by atoms with Crippen LogP contribution in [-0.2, 0) is 22.1 Å². The lowest BCUT2D eigenvalue weighted by Gasteiger charge is -2.16. The predicted molar refractivity (Wildman–Crippen MR) is 114 cm³/mol. The van der Waals surface area contributed by atoms with Crippen molar-refractivity contribution in [2.24, 2.45) is 10.9 Å². The van der Waals surface area contributed by atoms with Crippen LogP contribution in [0.25, 0.3) is 0 Å². The molecule has 0 bridgehead atoms. The van der Waals surface area contributed by atoms with Gasteiger partial charge in [0, 0.05) is 25.9 Å². The minimum Gasteiger partial charge on any atom is -0.356 e. The quantitative estimate of drug-likeness (QED) is 0.356. The first-order valence-electron chi connectivity index (χ1n) is 7.84. The van der Waals surface area contributed by atoms with Crippen LogP contribution in [0.4, 0.5) is 4.39 Å². The molecule has 9 heteroatoms. The van der Waals surface area contributed by atoms with Gasteiger partial charge in [0.25, 0.3) is 0 Å². The Balaban J connectivity index is 0.00000312. The molecule has 0 radical (unpaired) electrons. The lowest BCUT2D eigenvalue weighted by atomic mass is 10.1. The van der Waals surface area contributed by atoms with Gasteiger partial charge in [-0.1, -0.05) is 6.07 Å². The SMILES string of the molecule is CN=C(NCc1ccc(F)cc1CSC)NCC1CCS(=O)(=O)C1.I. The number of halogens is 2. The van der Waals surface area contributed by atoms with E-state index in [-0.39, 0.29) is 47.2 Å². The van der Waals surface area contributed by atoms with Gasteiger partial charge in [-0.05, 0) is 41.9 Å². The van der Waals surface area contributed by atoms with Gasteiger partial charge < -0.3 is 10.6 Å². The Labute approximate surface area is 170 Å². The number of benzene rings is 1. The van der Waals surface area contributed by atoms with Crippen molar-refractivity contribution in [2.75, 3.05) is 31.4 Å². The van der Waals surface area contributed by atoms with Gasteiger partial charge in [-0.3, -0.25) is 4.99 Å². The predicted octanol–water partition coefficient (Wildman–Crippen LogP) is 2.41. The maximum absolute atomic E-state index is 13.4. The van der Waals surface area contributed by atoms with E-state index >= 15 is 0 Å². The molecule has 0 aliphatic carbocycles. The van der Waals surface area contributed by atoms with E-state index in [2.05, 4.69) is 15.6 Å². The fraction of sp³-hybridized carbons (Fsp3) is 0.562. The zero-order valence-corrected chi connectivity index (χ0v) is 18.4. The van der Waals surface area contributed by atoms with Crippen LogP contribution in [0.1, 0.15) is 17.5 Å². The molecule has 142 valence electrons. The zero-order valence-electron chi connectivity index (χ0n) is 14.4. The van der Waals surface area contributed by atoms with Crippen molar-refractivity contribution in [2.45, 2.75) is 18.7 Å². The van der Waals surface area contributed by atoms with E-state index in [1.54, 1.807) is 30.9 Å². The maximum Gasteiger partial charge on any atom is 0.191 e. The van der Waals surface area contributed by atoms with Crippen LogP contribution < -0.4 is 10.6 Å². The molecule has 25 heavy (non-hydrogen) atoms. The summed E-state index contributed by atoms with van der Waals surface area (Å²) in [5.41, 5.74) is 1.99. The van der Waals surface area contributed by atoms with Crippen LogP contribution in [0.2, 0.25) is 0 Å². The molecule has 1 fully saturated rings. The largest absolute Gasteiger partial charge is 0.356 e. The average Bonchev–Trinajstić information content (AvgIpc) is 2.88. The van der Waals surface area contributed by atoms with E-state index < -0.39 is 9.84 Å². The third kappa shape index (κ3) is 7.30. The second kappa shape index (κ2) is 10.6. The molecular formula is C16H25FIN3O2S2. The number of hydrogen-bond acceptors (Lipinski definition) is 4. The first-order valence-corrected chi connectivity index (χ1v) is 11.1. The van der Waals surface area contributed by atoms with Crippen molar-refractivity contribution >= 4 is 51.5 Å². The van der Waals surface area contributed by atoms with E-state index in [0.717, 1.165) is 16.9 Å². The summed E-state index contributed by atoms with van der Waals surface area (Å²) in [5, 5.41) is 6.38. The molecular weight excluding hydrogens is 476 g/mol. The molecule has 1 aliphatic rings. The Hall–Kier alpha value is -0.550. The highest BCUT2D eigenvalue weighted by Crippen LogP contribution is 2.18. The Morgan fingerprint density at radius 3 is 2.72 bits per heavy atom. The van der Waals surface area contributed by atoms with Crippen LogP contribution in [0.5, 0.6) is 0 Å². The van der Waals surface area contributed by atoms with Gasteiger partial charge in [0.2, 0.25) is 0 Å². The molecule has 1 aromatic rings. The number of rotatable bonds is 6. The van der Waals surface area contributed by atoms with E-state index in [1.807, 2.05) is 6.26 Å². The molecule has 1 atom stereocenters. The number of guanidine groups is 1. The van der Waals surface area contributed by atoms with E-state index in [1.165, 1.54) is 6.07 Å². The highest BCUT2D eigenvalue weighted by molar-refractivity contribution is 14.0. The number of hydrogen-bond donors (Lipinski definition) is 2. The summed E-state index contributed by atoms with van der Waals surface area (Å²) in [4.78, 5) is 4.16. The normalized spacial score (nSPS) is 19.3. The summed E-state index contributed by atoms with van der Waals surface area (Å²) in [6, 6.07) is 4.80. The molecule has 1 aliphatic heterocycles. The average molecular weight is 501 g/mol. The molecule has 1 aromatic carbocycles. The van der Waals surface area contributed by atoms with Gasteiger partial charge in [-0.15, -0.1) is 24.0 Å². The number of nitrogens with one attached hydrogen (secondary N) is 2. The summed E-state index contributed by atoms with van der Waals surface area (Å²) >= 11 is 1.65. The second-order valence-corrected chi connectivity index (χ2v) is 9.02. The van der Waals surface area contributed by atoms with E-state index in [9.17, 15) is 12.8 Å². The maximum atomic E-state index is 13.4. The van der Waals surface area contributed by atoms with Gasteiger partial charge in [0.05, 0.1) is 11.5 Å². The molecule has 0 spiro atoms.